The third kappa shape index (κ3) is 4.57. The van der Waals surface area contributed by atoms with E-state index in [2.05, 4.69) is 5.32 Å². The molecule has 1 N–H and O–H groups in total. The number of rotatable bonds is 5. The van der Waals surface area contributed by atoms with Crippen LogP contribution in [-0.2, 0) is 4.79 Å². The van der Waals surface area contributed by atoms with Gasteiger partial charge in [0.15, 0.2) is 6.10 Å². The second-order valence-corrected chi connectivity index (χ2v) is 5.38. The van der Waals surface area contributed by atoms with Gasteiger partial charge in [-0.25, -0.2) is 0 Å². The third-order valence-electron chi connectivity index (χ3n) is 2.84. The third-order valence-corrected chi connectivity index (χ3v) is 3.09. The lowest BCUT2D eigenvalue weighted by molar-refractivity contribution is -0.128. The molecule has 1 atom stereocenters. The fraction of sp³-hybridized carbons (Fsp3) is 0.500. The average Bonchev–Trinajstić information content (AvgIpc) is 2.31. The molecule has 4 heteroatoms. The van der Waals surface area contributed by atoms with E-state index in [-0.39, 0.29) is 11.4 Å². The zero-order valence-corrected chi connectivity index (χ0v) is 12.0. The molecule has 3 nitrogen and oxygen atoms in total. The van der Waals surface area contributed by atoms with E-state index in [1.807, 2.05) is 20.8 Å². The summed E-state index contributed by atoms with van der Waals surface area (Å²) in [6.07, 6.45) is 0.337. The zero-order chi connectivity index (χ0) is 13.8. The second kappa shape index (κ2) is 6.10. The zero-order valence-electron chi connectivity index (χ0n) is 11.3. The van der Waals surface area contributed by atoms with Gasteiger partial charge in [0, 0.05) is 10.6 Å². The van der Waals surface area contributed by atoms with Crippen molar-refractivity contribution in [2.75, 3.05) is 0 Å². The summed E-state index contributed by atoms with van der Waals surface area (Å²) in [6, 6.07) is 6.96. The van der Waals surface area contributed by atoms with Crippen molar-refractivity contribution in [3.8, 4) is 5.75 Å². The highest BCUT2D eigenvalue weighted by Crippen LogP contribution is 2.17. The molecule has 0 aliphatic rings. The quantitative estimate of drug-likeness (QED) is 0.890. The van der Waals surface area contributed by atoms with Crippen LogP contribution < -0.4 is 10.1 Å². The highest BCUT2D eigenvalue weighted by molar-refractivity contribution is 6.30. The van der Waals surface area contributed by atoms with Gasteiger partial charge in [0.2, 0.25) is 0 Å². The van der Waals surface area contributed by atoms with Crippen molar-refractivity contribution in [1.29, 1.82) is 0 Å². The van der Waals surface area contributed by atoms with E-state index in [0.29, 0.717) is 10.8 Å². The molecule has 0 bridgehead atoms. The molecule has 0 aromatic heterocycles. The molecule has 0 radical (unpaired) electrons. The fourth-order valence-corrected chi connectivity index (χ4v) is 1.42. The Morgan fingerprint density at radius 3 is 2.44 bits per heavy atom. The maximum atomic E-state index is 11.9. The Kier molecular flexibility index (Phi) is 5.03. The molecule has 100 valence electrons. The van der Waals surface area contributed by atoms with Crippen LogP contribution in [0.25, 0.3) is 0 Å². The van der Waals surface area contributed by atoms with Crippen LogP contribution in [0.1, 0.15) is 34.1 Å². The number of nitrogens with one attached hydrogen (secondary N) is 1. The molecule has 0 aliphatic carbocycles. The number of halogens is 1. The summed E-state index contributed by atoms with van der Waals surface area (Å²) in [5.41, 5.74) is -0.214. The van der Waals surface area contributed by atoms with Crippen molar-refractivity contribution in [3.63, 3.8) is 0 Å². The SMILES string of the molecule is CCC(C)(C)NC(=O)[C@H](C)Oc1ccc(Cl)cc1. The lowest BCUT2D eigenvalue weighted by Crippen LogP contribution is -2.48. The van der Waals surface area contributed by atoms with Gasteiger partial charge in [-0.15, -0.1) is 0 Å². The van der Waals surface area contributed by atoms with E-state index in [9.17, 15) is 4.79 Å². The average molecular weight is 270 g/mol. The Balaban J connectivity index is 2.57. The van der Waals surface area contributed by atoms with E-state index in [1.165, 1.54) is 0 Å². The maximum Gasteiger partial charge on any atom is 0.261 e. The first kappa shape index (κ1) is 14.8. The monoisotopic (exact) mass is 269 g/mol. The van der Waals surface area contributed by atoms with E-state index >= 15 is 0 Å². The Hall–Kier alpha value is -1.22. The van der Waals surface area contributed by atoms with E-state index in [1.54, 1.807) is 31.2 Å². The van der Waals surface area contributed by atoms with Gasteiger partial charge in [-0.3, -0.25) is 4.79 Å². The van der Waals surface area contributed by atoms with Crippen LogP contribution in [0, 0.1) is 0 Å². The summed E-state index contributed by atoms with van der Waals surface area (Å²) in [5.74, 6) is 0.521. The lowest BCUT2D eigenvalue weighted by Gasteiger charge is -2.26. The van der Waals surface area contributed by atoms with Gasteiger partial charge in [0.05, 0.1) is 0 Å². The van der Waals surface area contributed by atoms with Crippen LogP contribution >= 0.6 is 11.6 Å². The first-order valence-electron chi connectivity index (χ1n) is 6.08. The largest absolute Gasteiger partial charge is 0.481 e. The fourth-order valence-electron chi connectivity index (χ4n) is 1.29. The van der Waals surface area contributed by atoms with E-state index in [4.69, 9.17) is 16.3 Å². The molecule has 0 unspecified atom stereocenters. The lowest BCUT2D eigenvalue weighted by atomic mass is 10.0. The standard InChI is InChI=1S/C14H20ClNO2/c1-5-14(3,4)16-13(17)10(2)18-12-8-6-11(15)7-9-12/h6-10H,5H2,1-4H3,(H,16,17)/t10-/m0/s1. The summed E-state index contributed by atoms with van der Waals surface area (Å²) < 4.78 is 5.55. The van der Waals surface area contributed by atoms with Crippen molar-refractivity contribution < 1.29 is 9.53 Å². The molecule has 0 spiro atoms. The molecule has 0 saturated heterocycles. The van der Waals surface area contributed by atoms with Gasteiger partial charge in [-0.05, 0) is 51.5 Å². The number of carbonyl (C=O) groups is 1. The highest BCUT2D eigenvalue weighted by atomic mass is 35.5. The Labute approximate surface area is 113 Å². The minimum Gasteiger partial charge on any atom is -0.481 e. The van der Waals surface area contributed by atoms with Crippen molar-refractivity contribution in [3.05, 3.63) is 29.3 Å². The second-order valence-electron chi connectivity index (χ2n) is 4.94. The van der Waals surface area contributed by atoms with Crippen LogP contribution in [0.2, 0.25) is 5.02 Å². The number of benzene rings is 1. The normalized spacial score (nSPS) is 12.9. The Morgan fingerprint density at radius 2 is 1.94 bits per heavy atom. The predicted molar refractivity (Wildman–Crippen MR) is 74.1 cm³/mol. The van der Waals surface area contributed by atoms with Gasteiger partial charge >= 0.3 is 0 Å². The highest BCUT2D eigenvalue weighted by Gasteiger charge is 2.22. The first-order valence-corrected chi connectivity index (χ1v) is 6.46. The van der Waals surface area contributed by atoms with E-state index < -0.39 is 6.10 Å². The summed E-state index contributed by atoms with van der Waals surface area (Å²) in [7, 11) is 0. The molecule has 0 fully saturated rings. The molecule has 0 aliphatic heterocycles. The van der Waals surface area contributed by atoms with Gasteiger partial charge in [-0.1, -0.05) is 18.5 Å². The number of hydrogen-bond donors (Lipinski definition) is 1. The Bertz CT molecular complexity index is 401. The summed E-state index contributed by atoms with van der Waals surface area (Å²) >= 11 is 5.78. The summed E-state index contributed by atoms with van der Waals surface area (Å²) in [4.78, 5) is 11.9. The number of amides is 1. The van der Waals surface area contributed by atoms with Gasteiger partial charge < -0.3 is 10.1 Å². The van der Waals surface area contributed by atoms with Crippen molar-refractivity contribution >= 4 is 17.5 Å². The van der Waals surface area contributed by atoms with Gasteiger partial charge in [0.1, 0.15) is 5.75 Å². The molecule has 0 saturated carbocycles. The van der Waals surface area contributed by atoms with E-state index in [0.717, 1.165) is 6.42 Å². The predicted octanol–water partition coefficient (Wildman–Crippen LogP) is 3.41. The van der Waals surface area contributed by atoms with Gasteiger partial charge in [-0.2, -0.15) is 0 Å². The number of carbonyl (C=O) groups excluding carboxylic acids is 1. The summed E-state index contributed by atoms with van der Waals surface area (Å²) in [6.45, 7) is 7.74. The van der Waals surface area contributed by atoms with Crippen LogP contribution in [0.4, 0.5) is 0 Å². The Morgan fingerprint density at radius 1 is 1.39 bits per heavy atom. The molecule has 1 rings (SSSR count). The molecule has 1 aromatic rings. The molecule has 1 aromatic carbocycles. The van der Waals surface area contributed by atoms with Crippen molar-refractivity contribution in [2.45, 2.75) is 45.8 Å². The van der Waals surface area contributed by atoms with Crippen LogP contribution in [0.3, 0.4) is 0 Å². The smallest absolute Gasteiger partial charge is 0.261 e. The van der Waals surface area contributed by atoms with Gasteiger partial charge in [0.25, 0.3) is 5.91 Å². The number of ether oxygens (including phenoxy) is 1. The molecular formula is C14H20ClNO2. The minimum atomic E-state index is -0.531. The molecular weight excluding hydrogens is 250 g/mol. The van der Waals surface area contributed by atoms with Crippen molar-refractivity contribution in [1.82, 2.24) is 5.32 Å². The summed E-state index contributed by atoms with van der Waals surface area (Å²) in [5, 5.41) is 3.59. The first-order chi connectivity index (χ1) is 8.34. The van der Waals surface area contributed by atoms with Crippen LogP contribution in [-0.4, -0.2) is 17.6 Å². The minimum absolute atomic E-state index is 0.114. The topological polar surface area (TPSA) is 38.3 Å². The van der Waals surface area contributed by atoms with Crippen molar-refractivity contribution in [2.24, 2.45) is 0 Å². The molecule has 18 heavy (non-hydrogen) atoms. The molecule has 1 amide bonds. The molecule has 0 heterocycles. The van der Waals surface area contributed by atoms with Crippen LogP contribution in [0.5, 0.6) is 5.75 Å². The number of hydrogen-bond acceptors (Lipinski definition) is 2. The van der Waals surface area contributed by atoms with Crippen LogP contribution in [0.15, 0.2) is 24.3 Å². The maximum absolute atomic E-state index is 11.9.